The number of benzene rings is 2. The zero-order valence-electron chi connectivity index (χ0n) is 14.7. The molecule has 5 nitrogen and oxygen atoms in total. The highest BCUT2D eigenvalue weighted by Gasteiger charge is 2.29. The number of ether oxygens (including phenoxy) is 2. The van der Waals surface area contributed by atoms with Gasteiger partial charge in [0, 0.05) is 24.7 Å². The molecule has 140 valence electrons. The van der Waals surface area contributed by atoms with Crippen LogP contribution >= 0.6 is 0 Å². The molecule has 3 rings (SSSR count). The number of carbonyl (C=O) groups is 2. The summed E-state index contributed by atoms with van der Waals surface area (Å²) >= 11 is 0. The standard InChI is InChI=1S/C21H20FNO4/c22-18-9-6-16(7-10-18)8-11-19(24)27-20(17-4-2-1-3-5-17)21(25)23-12-14-26-15-13-23/h1-11,20H,12-15H2/b11-8+/t20-/m0/s1. The molecule has 1 saturated heterocycles. The molecule has 2 aromatic carbocycles. The summed E-state index contributed by atoms with van der Waals surface area (Å²) in [7, 11) is 0. The first kappa shape index (κ1) is 18.8. The first-order chi connectivity index (χ1) is 13.1. The molecule has 0 bridgehead atoms. The molecule has 1 aliphatic heterocycles. The minimum absolute atomic E-state index is 0.270. The van der Waals surface area contributed by atoms with Gasteiger partial charge in [0.15, 0.2) is 0 Å². The smallest absolute Gasteiger partial charge is 0.331 e. The zero-order valence-corrected chi connectivity index (χ0v) is 14.7. The molecule has 6 heteroatoms. The fourth-order valence-corrected chi connectivity index (χ4v) is 2.73. The van der Waals surface area contributed by atoms with E-state index in [0.717, 1.165) is 0 Å². The second kappa shape index (κ2) is 9.09. The predicted molar refractivity (Wildman–Crippen MR) is 98.1 cm³/mol. The third-order valence-corrected chi connectivity index (χ3v) is 4.17. The Hall–Kier alpha value is -2.99. The van der Waals surface area contributed by atoms with Gasteiger partial charge in [-0.1, -0.05) is 42.5 Å². The van der Waals surface area contributed by atoms with Crippen LogP contribution in [0.25, 0.3) is 6.08 Å². The highest BCUT2D eigenvalue weighted by atomic mass is 19.1. The molecule has 1 amide bonds. The van der Waals surface area contributed by atoms with E-state index in [1.165, 1.54) is 24.3 Å². The van der Waals surface area contributed by atoms with Crippen molar-refractivity contribution >= 4 is 18.0 Å². The second-order valence-electron chi connectivity index (χ2n) is 6.05. The van der Waals surface area contributed by atoms with Crippen molar-refractivity contribution in [1.82, 2.24) is 4.90 Å². The SMILES string of the molecule is O=C(/C=C/c1ccc(F)cc1)O[C@H](C(=O)N1CCOCC1)c1ccccc1. The van der Waals surface area contributed by atoms with E-state index >= 15 is 0 Å². The molecule has 1 fully saturated rings. The molecule has 1 heterocycles. The molecule has 27 heavy (non-hydrogen) atoms. The number of hydrogen-bond acceptors (Lipinski definition) is 4. The van der Waals surface area contributed by atoms with E-state index < -0.39 is 12.1 Å². The van der Waals surface area contributed by atoms with Gasteiger partial charge >= 0.3 is 5.97 Å². The predicted octanol–water partition coefficient (Wildman–Crippen LogP) is 2.98. The quantitative estimate of drug-likeness (QED) is 0.601. The number of rotatable bonds is 5. The molecule has 1 aliphatic rings. The van der Waals surface area contributed by atoms with E-state index in [1.807, 2.05) is 6.07 Å². The number of carbonyl (C=O) groups excluding carboxylic acids is 2. The molecular weight excluding hydrogens is 349 g/mol. The van der Waals surface area contributed by atoms with E-state index in [2.05, 4.69) is 0 Å². The first-order valence-corrected chi connectivity index (χ1v) is 8.69. The number of amides is 1. The number of halogens is 1. The summed E-state index contributed by atoms with van der Waals surface area (Å²) in [6, 6.07) is 14.6. The molecule has 0 N–H and O–H groups in total. The van der Waals surface area contributed by atoms with Crippen LogP contribution in [0.3, 0.4) is 0 Å². The molecule has 1 atom stereocenters. The van der Waals surface area contributed by atoms with E-state index in [1.54, 1.807) is 41.3 Å². The fraction of sp³-hybridized carbons (Fsp3) is 0.238. The Morgan fingerprint density at radius 1 is 1.04 bits per heavy atom. The first-order valence-electron chi connectivity index (χ1n) is 8.69. The van der Waals surface area contributed by atoms with Crippen LogP contribution in [0.1, 0.15) is 17.2 Å². The van der Waals surface area contributed by atoms with Gasteiger partial charge in [0.25, 0.3) is 5.91 Å². The van der Waals surface area contributed by atoms with Crippen molar-refractivity contribution in [2.75, 3.05) is 26.3 Å². The van der Waals surface area contributed by atoms with Crippen LogP contribution in [-0.4, -0.2) is 43.1 Å². The van der Waals surface area contributed by atoms with E-state index in [0.29, 0.717) is 37.4 Å². The summed E-state index contributed by atoms with van der Waals surface area (Å²) in [4.78, 5) is 26.8. The Kier molecular flexibility index (Phi) is 6.33. The lowest BCUT2D eigenvalue weighted by atomic mass is 10.1. The number of esters is 1. The number of morpholine rings is 1. The van der Waals surface area contributed by atoms with E-state index in [-0.39, 0.29) is 11.7 Å². The fourth-order valence-electron chi connectivity index (χ4n) is 2.73. The monoisotopic (exact) mass is 369 g/mol. The highest BCUT2D eigenvalue weighted by Crippen LogP contribution is 2.21. The zero-order chi connectivity index (χ0) is 19.1. The molecule has 0 unspecified atom stereocenters. The second-order valence-corrected chi connectivity index (χ2v) is 6.05. The van der Waals surface area contributed by atoms with Crippen LogP contribution in [0.2, 0.25) is 0 Å². The van der Waals surface area contributed by atoms with Gasteiger partial charge in [-0.25, -0.2) is 9.18 Å². The van der Waals surface area contributed by atoms with Crippen LogP contribution in [-0.2, 0) is 19.1 Å². The highest BCUT2D eigenvalue weighted by molar-refractivity contribution is 5.91. The lowest BCUT2D eigenvalue weighted by Gasteiger charge is -2.30. The Bertz CT molecular complexity index is 799. The largest absolute Gasteiger partial charge is 0.444 e. The van der Waals surface area contributed by atoms with Crippen molar-refractivity contribution in [3.05, 3.63) is 77.6 Å². The van der Waals surface area contributed by atoms with E-state index in [4.69, 9.17) is 9.47 Å². The minimum atomic E-state index is -1.02. The van der Waals surface area contributed by atoms with Crippen molar-refractivity contribution in [2.45, 2.75) is 6.10 Å². The van der Waals surface area contributed by atoms with Crippen molar-refractivity contribution in [3.8, 4) is 0 Å². The topological polar surface area (TPSA) is 55.8 Å². The molecule has 2 aromatic rings. The van der Waals surface area contributed by atoms with Gasteiger partial charge in [0.1, 0.15) is 5.82 Å². The summed E-state index contributed by atoms with van der Waals surface area (Å²) in [5.74, 6) is -1.27. The maximum atomic E-state index is 12.9. The lowest BCUT2D eigenvalue weighted by Crippen LogP contribution is -2.44. The molecular formula is C21H20FNO4. The third kappa shape index (κ3) is 5.24. The minimum Gasteiger partial charge on any atom is -0.444 e. The lowest BCUT2D eigenvalue weighted by molar-refractivity contribution is -0.159. The Labute approximate surface area is 157 Å². The maximum absolute atomic E-state index is 12.9. The van der Waals surface area contributed by atoms with Crippen LogP contribution in [0.5, 0.6) is 0 Å². The van der Waals surface area contributed by atoms with Crippen LogP contribution in [0.15, 0.2) is 60.7 Å². The summed E-state index contributed by atoms with van der Waals surface area (Å²) in [6.07, 6.45) is 1.73. The summed E-state index contributed by atoms with van der Waals surface area (Å²) in [6.45, 7) is 1.85. The molecule has 0 saturated carbocycles. The van der Waals surface area contributed by atoms with Crippen molar-refractivity contribution in [2.24, 2.45) is 0 Å². The van der Waals surface area contributed by atoms with Crippen LogP contribution < -0.4 is 0 Å². The van der Waals surface area contributed by atoms with Gasteiger partial charge < -0.3 is 14.4 Å². The Morgan fingerprint density at radius 2 is 1.70 bits per heavy atom. The molecule has 0 aromatic heterocycles. The Balaban J connectivity index is 1.73. The molecule has 0 radical (unpaired) electrons. The van der Waals surface area contributed by atoms with Crippen molar-refractivity contribution in [3.63, 3.8) is 0 Å². The summed E-state index contributed by atoms with van der Waals surface area (Å²) in [5.41, 5.74) is 1.27. The third-order valence-electron chi connectivity index (χ3n) is 4.17. The summed E-state index contributed by atoms with van der Waals surface area (Å²) < 4.78 is 23.7. The van der Waals surface area contributed by atoms with Gasteiger partial charge in [-0.05, 0) is 23.8 Å². The summed E-state index contributed by atoms with van der Waals surface area (Å²) in [5, 5.41) is 0. The molecule has 0 spiro atoms. The van der Waals surface area contributed by atoms with E-state index in [9.17, 15) is 14.0 Å². The van der Waals surface area contributed by atoms with Gasteiger partial charge in [-0.3, -0.25) is 4.79 Å². The molecule has 0 aliphatic carbocycles. The Morgan fingerprint density at radius 3 is 2.37 bits per heavy atom. The average Bonchev–Trinajstić information content (AvgIpc) is 2.72. The van der Waals surface area contributed by atoms with Gasteiger partial charge in [0.2, 0.25) is 6.10 Å². The van der Waals surface area contributed by atoms with Crippen LogP contribution in [0, 0.1) is 5.82 Å². The van der Waals surface area contributed by atoms with Gasteiger partial charge in [-0.15, -0.1) is 0 Å². The van der Waals surface area contributed by atoms with Crippen molar-refractivity contribution in [1.29, 1.82) is 0 Å². The van der Waals surface area contributed by atoms with Crippen molar-refractivity contribution < 1.29 is 23.5 Å². The average molecular weight is 369 g/mol. The van der Waals surface area contributed by atoms with Gasteiger partial charge in [0.05, 0.1) is 13.2 Å². The van der Waals surface area contributed by atoms with Gasteiger partial charge in [-0.2, -0.15) is 0 Å². The number of nitrogens with zero attached hydrogens (tertiary/aromatic N) is 1. The number of hydrogen-bond donors (Lipinski definition) is 0. The maximum Gasteiger partial charge on any atom is 0.331 e. The van der Waals surface area contributed by atoms with Crippen LogP contribution in [0.4, 0.5) is 4.39 Å². The normalized spacial score (nSPS) is 15.5.